The molecule has 0 saturated carbocycles. The molecule has 0 bridgehead atoms. The van der Waals surface area contributed by atoms with Crippen LogP contribution in [-0.4, -0.2) is 20.1 Å². The molecule has 4 aromatic rings. The number of thiol groups is 1. The van der Waals surface area contributed by atoms with E-state index in [1.807, 2.05) is 36.4 Å². The van der Waals surface area contributed by atoms with Crippen molar-refractivity contribution in [2.45, 2.75) is 19.8 Å². The van der Waals surface area contributed by atoms with E-state index in [2.05, 4.69) is 65.2 Å². The summed E-state index contributed by atoms with van der Waals surface area (Å²) in [5.41, 5.74) is 8.99. The van der Waals surface area contributed by atoms with Crippen LogP contribution in [0.2, 0.25) is 0 Å². The van der Waals surface area contributed by atoms with Crippen molar-refractivity contribution in [2.75, 3.05) is 12.5 Å². The fraction of sp³-hybridized carbons (Fsp3) is 0.167. The van der Waals surface area contributed by atoms with Gasteiger partial charge < -0.3 is 14.7 Å². The third-order valence-corrected chi connectivity index (χ3v) is 5.61. The van der Waals surface area contributed by atoms with Gasteiger partial charge in [-0.15, -0.1) is 4.83 Å². The topological polar surface area (TPSA) is 72.4 Å². The summed E-state index contributed by atoms with van der Waals surface area (Å²) in [7, 11) is -1.04. The van der Waals surface area contributed by atoms with Gasteiger partial charge in [0.1, 0.15) is 5.75 Å². The van der Waals surface area contributed by atoms with Crippen LogP contribution in [0.5, 0.6) is 5.75 Å². The van der Waals surface area contributed by atoms with Gasteiger partial charge in [0.2, 0.25) is 10.9 Å². The lowest BCUT2D eigenvalue weighted by molar-refractivity contribution is 0.415. The van der Waals surface area contributed by atoms with Gasteiger partial charge >= 0.3 is 0 Å². The van der Waals surface area contributed by atoms with Crippen molar-refractivity contribution in [2.24, 2.45) is 0 Å². The molecule has 0 aliphatic heterocycles. The molecule has 31 heavy (non-hydrogen) atoms. The Kier molecular flexibility index (Phi) is 5.97. The number of benzene rings is 3. The number of fused-ring (bicyclic) bond motifs is 1. The number of nitrogens with one attached hydrogen (secondary N) is 2. The second-order valence-corrected chi connectivity index (χ2v) is 8.35. The predicted octanol–water partition coefficient (Wildman–Crippen LogP) is 4.87. The molecule has 0 aliphatic rings. The molecule has 0 fully saturated rings. The minimum atomic E-state index is -2.71. The summed E-state index contributed by atoms with van der Waals surface area (Å²) in [5, 5.41) is 1.22. The predicted molar refractivity (Wildman–Crippen MR) is 126 cm³/mol. The fourth-order valence-electron chi connectivity index (χ4n) is 3.71. The first kappa shape index (κ1) is 21.0. The first-order chi connectivity index (χ1) is 15.0. The molecule has 0 radical (unpaired) electrons. The van der Waals surface area contributed by atoms with Crippen molar-refractivity contribution in [1.29, 1.82) is 0 Å². The van der Waals surface area contributed by atoms with Crippen LogP contribution in [0.3, 0.4) is 0 Å². The molecular formula is C24H25N3O3S. The van der Waals surface area contributed by atoms with Gasteiger partial charge in [0.15, 0.2) is 0 Å². The van der Waals surface area contributed by atoms with Gasteiger partial charge in [-0.25, -0.2) is 8.42 Å². The molecule has 6 nitrogen and oxygen atoms in total. The van der Waals surface area contributed by atoms with E-state index in [0.717, 1.165) is 28.1 Å². The Morgan fingerprint density at radius 1 is 0.903 bits per heavy atom. The lowest BCUT2D eigenvalue weighted by atomic mass is 9.99. The number of nitrogens with zero attached hydrogens (tertiary/aromatic N) is 1. The van der Waals surface area contributed by atoms with E-state index >= 15 is 0 Å². The van der Waals surface area contributed by atoms with Crippen LogP contribution in [0.25, 0.3) is 27.7 Å². The van der Waals surface area contributed by atoms with Gasteiger partial charge in [-0.3, -0.25) is 0 Å². The molecule has 160 valence electrons. The smallest absolute Gasteiger partial charge is 0.218 e. The number of hydrogen-bond donors (Lipinski definition) is 3. The van der Waals surface area contributed by atoms with Crippen molar-refractivity contribution in [3.05, 3.63) is 78.5 Å². The fourth-order valence-corrected chi connectivity index (χ4v) is 3.93. The molecule has 0 spiro atoms. The van der Waals surface area contributed by atoms with E-state index in [1.54, 1.807) is 7.11 Å². The maximum Gasteiger partial charge on any atom is 0.218 e. The van der Waals surface area contributed by atoms with Crippen LogP contribution in [0, 0.1) is 0 Å². The average molecular weight is 436 g/mol. The highest BCUT2D eigenvalue weighted by atomic mass is 32.2. The lowest BCUT2D eigenvalue weighted by Crippen LogP contribution is -2.18. The first-order valence-corrected chi connectivity index (χ1v) is 11.2. The summed E-state index contributed by atoms with van der Waals surface area (Å²) in [6, 6.07) is 22.2. The Labute approximate surface area is 183 Å². The van der Waals surface area contributed by atoms with Crippen molar-refractivity contribution in [1.82, 2.24) is 9.40 Å². The third-order valence-electron chi connectivity index (χ3n) is 5.32. The Morgan fingerprint density at radius 3 is 2.19 bits per heavy atom. The zero-order valence-electron chi connectivity index (χ0n) is 17.6. The van der Waals surface area contributed by atoms with Crippen molar-refractivity contribution >= 4 is 27.5 Å². The molecule has 4 rings (SSSR count). The molecule has 0 aliphatic carbocycles. The van der Waals surface area contributed by atoms with Gasteiger partial charge in [0.25, 0.3) is 0 Å². The monoisotopic (exact) mass is 435 g/mol. The van der Waals surface area contributed by atoms with E-state index in [4.69, 9.17) is 4.74 Å². The largest absolute Gasteiger partial charge is 0.497 e. The molecule has 0 atom stereocenters. The summed E-state index contributed by atoms with van der Waals surface area (Å²) in [5.74, 6) is 1.22. The normalized spacial score (nSPS) is 11.4. The Morgan fingerprint density at radius 2 is 1.58 bits per heavy atom. The zero-order chi connectivity index (χ0) is 22.0. The molecule has 1 aromatic heterocycles. The molecule has 7 heteroatoms. The number of rotatable bonds is 7. The van der Waals surface area contributed by atoms with Crippen molar-refractivity contribution in [3.8, 4) is 22.6 Å². The van der Waals surface area contributed by atoms with E-state index in [0.29, 0.717) is 11.6 Å². The van der Waals surface area contributed by atoms with Crippen LogP contribution < -0.4 is 15.0 Å². The summed E-state index contributed by atoms with van der Waals surface area (Å²) in [6.45, 7) is 4.39. The molecular weight excluding hydrogens is 410 g/mol. The summed E-state index contributed by atoms with van der Waals surface area (Å²) < 4.78 is 28.9. The minimum Gasteiger partial charge on any atom is -0.497 e. The Bertz CT molecular complexity index is 1270. The van der Waals surface area contributed by atoms with E-state index in [-0.39, 0.29) is 0 Å². The highest BCUT2D eigenvalue weighted by molar-refractivity contribution is 7.70. The van der Waals surface area contributed by atoms with Gasteiger partial charge in [0.05, 0.1) is 12.6 Å². The maximum absolute atomic E-state index is 10.7. The van der Waals surface area contributed by atoms with E-state index in [9.17, 15) is 8.42 Å². The summed E-state index contributed by atoms with van der Waals surface area (Å²) in [6.07, 6.45) is 2.18. The third kappa shape index (κ3) is 4.42. The zero-order valence-corrected chi connectivity index (χ0v) is 18.5. The molecule has 0 saturated heterocycles. The van der Waals surface area contributed by atoms with Crippen LogP contribution in [-0.2, 0) is 10.9 Å². The lowest BCUT2D eigenvalue weighted by Gasteiger charge is -2.09. The van der Waals surface area contributed by atoms with Crippen LogP contribution in [0.4, 0.5) is 5.69 Å². The second kappa shape index (κ2) is 8.83. The van der Waals surface area contributed by atoms with Gasteiger partial charge in [-0.05, 0) is 65.1 Å². The number of aromatic nitrogens is 1. The summed E-state index contributed by atoms with van der Waals surface area (Å²) >= 11 is 0. The van der Waals surface area contributed by atoms with Crippen LogP contribution >= 0.6 is 0 Å². The first-order valence-electron chi connectivity index (χ1n) is 10.0. The molecule has 1 heterocycles. The van der Waals surface area contributed by atoms with Crippen LogP contribution in [0.1, 0.15) is 25.3 Å². The maximum atomic E-state index is 10.7. The Hall–Kier alpha value is -3.29. The molecule has 0 unspecified atom stereocenters. The standard InChI is InChI=1S/C24H25N3O3S/c1-16(2)23-15-27(20-9-7-19(8-10-20)25-26-31(28)29)24-14-18(6-13-22(23)24)17-4-11-21(30-3)12-5-17/h4-16,25,31H,1-3H3,(H,26,28,29). The molecule has 2 N–H and O–H groups in total. The quantitative estimate of drug-likeness (QED) is 0.286. The van der Waals surface area contributed by atoms with Crippen LogP contribution in [0.15, 0.2) is 72.9 Å². The van der Waals surface area contributed by atoms with Gasteiger partial charge in [-0.1, -0.05) is 38.1 Å². The SMILES string of the molecule is COc1ccc(-c2ccc3c(C(C)C)cn(-c4ccc(NN[SH](=O)=O)cc4)c3c2)cc1. The van der Waals surface area contributed by atoms with Crippen molar-refractivity contribution < 1.29 is 13.2 Å². The summed E-state index contributed by atoms with van der Waals surface area (Å²) in [4.78, 5) is 2.19. The minimum absolute atomic E-state index is 0.383. The van der Waals surface area contributed by atoms with E-state index < -0.39 is 10.9 Å². The number of hydrazine groups is 1. The number of anilines is 1. The van der Waals surface area contributed by atoms with E-state index in [1.165, 1.54) is 10.9 Å². The average Bonchev–Trinajstić information content (AvgIpc) is 3.17. The van der Waals surface area contributed by atoms with Gasteiger partial charge in [-0.2, -0.15) is 0 Å². The highest BCUT2D eigenvalue weighted by Gasteiger charge is 2.14. The number of hydrogen-bond acceptors (Lipinski definition) is 4. The number of methoxy groups -OCH3 is 1. The second-order valence-electron chi connectivity index (χ2n) is 7.61. The van der Waals surface area contributed by atoms with Crippen molar-refractivity contribution in [3.63, 3.8) is 0 Å². The Balaban J connectivity index is 1.78. The van der Waals surface area contributed by atoms with Gasteiger partial charge in [0, 0.05) is 23.0 Å². The number of ether oxygens (including phenoxy) is 1. The highest BCUT2D eigenvalue weighted by Crippen LogP contribution is 2.33. The molecule has 3 aromatic carbocycles. The molecule has 0 amide bonds.